The fraction of sp³-hybridized carbons (Fsp3) is 0.462. The third kappa shape index (κ3) is 3.64. The van der Waals surface area contributed by atoms with Crippen molar-refractivity contribution in [3.05, 3.63) is 18.2 Å². The van der Waals surface area contributed by atoms with Gasteiger partial charge in [0.1, 0.15) is 4.90 Å². The van der Waals surface area contributed by atoms with Gasteiger partial charge in [-0.2, -0.15) is 0 Å². The van der Waals surface area contributed by atoms with Crippen molar-refractivity contribution in [2.45, 2.75) is 18.7 Å². The first-order valence-electron chi connectivity index (χ1n) is 6.35. The first-order valence-corrected chi connectivity index (χ1v) is 7.79. The highest BCUT2D eigenvalue weighted by Crippen LogP contribution is 2.29. The molecule has 0 aliphatic carbocycles. The van der Waals surface area contributed by atoms with Gasteiger partial charge in [-0.3, -0.25) is 4.79 Å². The van der Waals surface area contributed by atoms with Crippen LogP contribution in [0.2, 0.25) is 0 Å². The van der Waals surface area contributed by atoms with Gasteiger partial charge >= 0.3 is 0 Å². The third-order valence-electron chi connectivity index (χ3n) is 3.21. The van der Waals surface area contributed by atoms with Crippen LogP contribution in [-0.2, 0) is 14.8 Å². The zero-order valence-corrected chi connectivity index (χ0v) is 13.5. The number of rotatable bonds is 6. The summed E-state index contributed by atoms with van der Waals surface area (Å²) in [5, 5.41) is 2.98. The molecule has 0 bridgehead atoms. The number of primary amides is 1. The summed E-state index contributed by atoms with van der Waals surface area (Å²) in [6.45, 7) is 3.63. The Morgan fingerprint density at radius 1 is 1.33 bits per heavy atom. The lowest BCUT2D eigenvalue weighted by molar-refractivity contribution is -0.125. The maximum Gasteiger partial charge on any atom is 0.244 e. The molecule has 0 heterocycles. The largest absolute Gasteiger partial charge is 0.396 e. The molecule has 0 unspecified atom stereocenters. The first kappa shape index (κ1) is 17.3. The molecule has 0 fully saturated rings. The topological polar surface area (TPSA) is 119 Å². The van der Waals surface area contributed by atoms with E-state index in [1.54, 1.807) is 26.0 Å². The molecule has 8 heteroatoms. The molecule has 1 amide bonds. The van der Waals surface area contributed by atoms with E-state index in [4.69, 9.17) is 11.5 Å². The maximum absolute atomic E-state index is 12.2. The zero-order valence-electron chi connectivity index (χ0n) is 12.7. The Labute approximate surface area is 125 Å². The molecule has 5 N–H and O–H groups in total. The predicted molar refractivity (Wildman–Crippen MR) is 83.2 cm³/mol. The van der Waals surface area contributed by atoms with Crippen molar-refractivity contribution in [2.24, 2.45) is 11.1 Å². The number of nitrogens with zero attached hydrogens (tertiary/aromatic N) is 1. The van der Waals surface area contributed by atoms with Crippen LogP contribution in [0.4, 0.5) is 11.4 Å². The Morgan fingerprint density at radius 2 is 1.90 bits per heavy atom. The molecule has 1 rings (SSSR count). The Bertz CT molecular complexity index is 639. The van der Waals surface area contributed by atoms with Gasteiger partial charge in [0.15, 0.2) is 0 Å². The van der Waals surface area contributed by atoms with Crippen LogP contribution in [0.15, 0.2) is 23.1 Å². The van der Waals surface area contributed by atoms with E-state index in [0.717, 1.165) is 4.31 Å². The van der Waals surface area contributed by atoms with Gasteiger partial charge in [-0.05, 0) is 26.0 Å². The number of anilines is 2. The minimum atomic E-state index is -3.62. The van der Waals surface area contributed by atoms with Gasteiger partial charge in [-0.15, -0.1) is 0 Å². The van der Waals surface area contributed by atoms with E-state index in [-0.39, 0.29) is 17.1 Å². The average Bonchev–Trinajstić information content (AvgIpc) is 2.36. The van der Waals surface area contributed by atoms with Gasteiger partial charge in [0, 0.05) is 20.6 Å². The van der Waals surface area contributed by atoms with Crippen LogP contribution in [0.3, 0.4) is 0 Å². The highest BCUT2D eigenvalue weighted by molar-refractivity contribution is 7.89. The van der Waals surface area contributed by atoms with E-state index in [2.05, 4.69) is 5.32 Å². The summed E-state index contributed by atoms with van der Waals surface area (Å²) < 4.78 is 25.4. The minimum Gasteiger partial charge on any atom is -0.396 e. The molecule has 0 saturated heterocycles. The third-order valence-corrected chi connectivity index (χ3v) is 5.09. The Hall–Kier alpha value is -1.80. The quantitative estimate of drug-likeness (QED) is 0.658. The van der Waals surface area contributed by atoms with E-state index in [0.29, 0.717) is 5.69 Å². The number of benzene rings is 1. The number of hydrogen-bond donors (Lipinski definition) is 3. The van der Waals surface area contributed by atoms with Crippen molar-refractivity contribution < 1.29 is 13.2 Å². The summed E-state index contributed by atoms with van der Waals surface area (Å²) in [7, 11) is -0.752. The molecule has 1 aromatic rings. The molecular formula is C13H22N4O3S. The molecule has 0 atom stereocenters. The number of hydrogen-bond acceptors (Lipinski definition) is 5. The fourth-order valence-electron chi connectivity index (χ4n) is 1.52. The van der Waals surface area contributed by atoms with E-state index < -0.39 is 21.3 Å². The molecule has 0 saturated carbocycles. The van der Waals surface area contributed by atoms with Gasteiger partial charge < -0.3 is 16.8 Å². The monoisotopic (exact) mass is 314 g/mol. The van der Waals surface area contributed by atoms with Gasteiger partial charge in [0.25, 0.3) is 0 Å². The number of amides is 1. The van der Waals surface area contributed by atoms with Crippen LogP contribution in [0, 0.1) is 5.41 Å². The Morgan fingerprint density at radius 3 is 2.38 bits per heavy atom. The molecular weight excluding hydrogens is 292 g/mol. The lowest BCUT2D eigenvalue weighted by atomic mass is 9.92. The zero-order chi connectivity index (χ0) is 16.4. The summed E-state index contributed by atoms with van der Waals surface area (Å²) in [4.78, 5) is 11.3. The van der Waals surface area contributed by atoms with E-state index in [1.807, 2.05) is 0 Å². The average molecular weight is 314 g/mol. The van der Waals surface area contributed by atoms with Crippen LogP contribution in [0.25, 0.3) is 0 Å². The SMILES string of the molecule is CN(C)S(=O)(=O)c1cccc(NCC(C)(C)C(N)=O)c1N. The minimum absolute atomic E-state index is 0.0226. The second-order valence-corrected chi connectivity index (χ2v) is 7.73. The lowest BCUT2D eigenvalue weighted by Crippen LogP contribution is -2.37. The number of para-hydroxylation sites is 1. The van der Waals surface area contributed by atoms with Crippen molar-refractivity contribution >= 4 is 27.3 Å². The number of carbonyl (C=O) groups is 1. The van der Waals surface area contributed by atoms with Crippen molar-refractivity contribution in [1.29, 1.82) is 0 Å². The normalized spacial score (nSPS) is 12.4. The molecule has 0 aromatic heterocycles. The van der Waals surface area contributed by atoms with Crippen LogP contribution >= 0.6 is 0 Å². The van der Waals surface area contributed by atoms with E-state index >= 15 is 0 Å². The van der Waals surface area contributed by atoms with Gasteiger partial charge in [0.05, 0.1) is 16.8 Å². The summed E-state index contributed by atoms with van der Waals surface area (Å²) in [6.07, 6.45) is 0. The van der Waals surface area contributed by atoms with Gasteiger partial charge in [-0.1, -0.05) is 6.07 Å². The molecule has 0 aliphatic heterocycles. The number of nitrogen functional groups attached to an aromatic ring is 1. The molecule has 118 valence electrons. The van der Waals surface area contributed by atoms with E-state index in [1.165, 1.54) is 20.2 Å². The van der Waals surface area contributed by atoms with E-state index in [9.17, 15) is 13.2 Å². The first-order chi connectivity index (χ1) is 9.50. The lowest BCUT2D eigenvalue weighted by Gasteiger charge is -2.23. The summed E-state index contributed by atoms with van der Waals surface area (Å²) in [5.41, 5.74) is 11.0. The van der Waals surface area contributed by atoms with Crippen LogP contribution in [0.5, 0.6) is 0 Å². The van der Waals surface area contributed by atoms with Crippen LogP contribution < -0.4 is 16.8 Å². The summed E-state index contributed by atoms with van der Waals surface area (Å²) in [5.74, 6) is -0.453. The van der Waals surface area contributed by atoms with Gasteiger partial charge in [-0.25, -0.2) is 12.7 Å². The summed E-state index contributed by atoms with van der Waals surface area (Å²) >= 11 is 0. The molecule has 1 aromatic carbocycles. The molecule has 0 spiro atoms. The molecule has 0 aliphatic rings. The second kappa shape index (κ2) is 5.90. The van der Waals surface area contributed by atoms with Crippen molar-refractivity contribution in [3.63, 3.8) is 0 Å². The van der Waals surface area contributed by atoms with Crippen molar-refractivity contribution in [2.75, 3.05) is 31.7 Å². The number of nitrogens with two attached hydrogens (primary N) is 2. The molecule has 0 radical (unpaired) electrons. The highest BCUT2D eigenvalue weighted by Gasteiger charge is 2.26. The van der Waals surface area contributed by atoms with Gasteiger partial charge in [0.2, 0.25) is 15.9 Å². The summed E-state index contributed by atoms with van der Waals surface area (Å²) in [6, 6.07) is 4.68. The number of nitrogens with one attached hydrogen (secondary N) is 1. The second-order valence-electron chi connectivity index (χ2n) is 5.61. The maximum atomic E-state index is 12.2. The fourth-order valence-corrected chi connectivity index (χ4v) is 2.55. The smallest absolute Gasteiger partial charge is 0.244 e. The van der Waals surface area contributed by atoms with Crippen LogP contribution in [0.1, 0.15) is 13.8 Å². The molecule has 21 heavy (non-hydrogen) atoms. The number of carbonyl (C=O) groups excluding carboxylic acids is 1. The molecule has 7 nitrogen and oxygen atoms in total. The van der Waals surface area contributed by atoms with Crippen molar-refractivity contribution in [1.82, 2.24) is 4.31 Å². The Kier molecular flexibility index (Phi) is 4.85. The standard InChI is InChI=1S/C13H22N4O3S/c1-13(2,12(15)18)8-16-9-6-5-7-10(11(9)14)21(19,20)17(3)4/h5-7,16H,8,14H2,1-4H3,(H2,15,18). The predicted octanol–water partition coefficient (Wildman–Crippen LogP) is 0.443. The Balaban J connectivity index is 3.11. The van der Waals surface area contributed by atoms with Crippen LogP contribution in [-0.4, -0.2) is 39.3 Å². The van der Waals surface area contributed by atoms with Crippen molar-refractivity contribution in [3.8, 4) is 0 Å². The number of sulfonamides is 1. The highest BCUT2D eigenvalue weighted by atomic mass is 32.2.